The minimum absolute atomic E-state index is 0.197. The SMILES string of the molecule is COCOc1ccc(C(O)C(C)(C)C)nc1. The number of pyridine rings is 1. The Labute approximate surface area is 96.2 Å². The summed E-state index contributed by atoms with van der Waals surface area (Å²) in [5, 5.41) is 10.00. The molecule has 0 aliphatic rings. The van der Waals surface area contributed by atoms with Crippen LogP contribution in [0.5, 0.6) is 5.75 Å². The summed E-state index contributed by atoms with van der Waals surface area (Å²) in [5.41, 5.74) is 0.430. The van der Waals surface area contributed by atoms with Crippen LogP contribution in [0.2, 0.25) is 0 Å². The lowest BCUT2D eigenvalue weighted by atomic mass is 9.87. The topological polar surface area (TPSA) is 51.6 Å². The van der Waals surface area contributed by atoms with E-state index in [1.54, 1.807) is 25.4 Å². The van der Waals surface area contributed by atoms with Gasteiger partial charge in [0.15, 0.2) is 6.79 Å². The van der Waals surface area contributed by atoms with Crippen molar-refractivity contribution in [3.05, 3.63) is 24.0 Å². The molecule has 0 aliphatic heterocycles. The van der Waals surface area contributed by atoms with Gasteiger partial charge in [0.05, 0.1) is 11.9 Å². The molecular weight excluding hydrogens is 206 g/mol. The fourth-order valence-electron chi connectivity index (χ4n) is 1.21. The first kappa shape index (κ1) is 12.9. The van der Waals surface area contributed by atoms with Gasteiger partial charge in [-0.15, -0.1) is 0 Å². The first-order valence-electron chi connectivity index (χ1n) is 5.21. The second kappa shape index (κ2) is 5.27. The number of aromatic nitrogens is 1. The van der Waals surface area contributed by atoms with E-state index < -0.39 is 6.10 Å². The molecule has 0 aliphatic carbocycles. The van der Waals surface area contributed by atoms with Crippen molar-refractivity contribution in [3.63, 3.8) is 0 Å². The molecule has 0 radical (unpaired) electrons. The molecular formula is C12H19NO3. The van der Waals surface area contributed by atoms with E-state index in [-0.39, 0.29) is 12.2 Å². The smallest absolute Gasteiger partial charge is 0.188 e. The van der Waals surface area contributed by atoms with Crippen molar-refractivity contribution >= 4 is 0 Å². The summed E-state index contributed by atoms with van der Waals surface area (Å²) in [6.45, 7) is 6.10. The van der Waals surface area contributed by atoms with Gasteiger partial charge in [0.2, 0.25) is 0 Å². The number of methoxy groups -OCH3 is 1. The number of nitrogens with zero attached hydrogens (tertiary/aromatic N) is 1. The summed E-state index contributed by atoms with van der Waals surface area (Å²) in [6.07, 6.45) is 1.01. The lowest BCUT2D eigenvalue weighted by Crippen LogP contribution is -2.18. The molecule has 1 unspecified atom stereocenters. The molecule has 4 heteroatoms. The Morgan fingerprint density at radius 3 is 2.50 bits per heavy atom. The third-order valence-corrected chi connectivity index (χ3v) is 2.20. The van der Waals surface area contributed by atoms with E-state index in [9.17, 15) is 5.11 Å². The van der Waals surface area contributed by atoms with Gasteiger partial charge in [0.25, 0.3) is 0 Å². The first-order valence-corrected chi connectivity index (χ1v) is 5.21. The minimum atomic E-state index is -0.580. The summed E-state index contributed by atoms with van der Waals surface area (Å²) in [4.78, 5) is 4.17. The zero-order valence-electron chi connectivity index (χ0n) is 10.2. The maximum Gasteiger partial charge on any atom is 0.188 e. The lowest BCUT2D eigenvalue weighted by Gasteiger charge is -2.25. The van der Waals surface area contributed by atoms with Crippen LogP contribution in [0.1, 0.15) is 32.6 Å². The highest BCUT2D eigenvalue weighted by Crippen LogP contribution is 2.31. The Hall–Kier alpha value is -1.13. The minimum Gasteiger partial charge on any atom is -0.466 e. The zero-order chi connectivity index (χ0) is 12.2. The fraction of sp³-hybridized carbons (Fsp3) is 0.583. The molecule has 0 fully saturated rings. The molecule has 90 valence electrons. The summed E-state index contributed by atoms with van der Waals surface area (Å²) in [5.74, 6) is 0.631. The second-order valence-electron chi connectivity index (χ2n) is 4.74. The third-order valence-electron chi connectivity index (χ3n) is 2.20. The second-order valence-corrected chi connectivity index (χ2v) is 4.74. The van der Waals surface area contributed by atoms with Crippen LogP contribution in [0.3, 0.4) is 0 Å². The average Bonchev–Trinajstić information content (AvgIpc) is 2.25. The van der Waals surface area contributed by atoms with Crippen molar-refractivity contribution in [2.24, 2.45) is 5.41 Å². The van der Waals surface area contributed by atoms with Crippen LogP contribution < -0.4 is 4.74 Å². The van der Waals surface area contributed by atoms with E-state index in [1.807, 2.05) is 20.8 Å². The van der Waals surface area contributed by atoms with Gasteiger partial charge >= 0.3 is 0 Å². The van der Waals surface area contributed by atoms with Crippen molar-refractivity contribution in [2.75, 3.05) is 13.9 Å². The van der Waals surface area contributed by atoms with Gasteiger partial charge in [-0.3, -0.25) is 4.98 Å². The Bertz CT molecular complexity index is 316. The number of aliphatic hydroxyl groups is 1. The summed E-state index contributed by atoms with van der Waals surface area (Å²) in [7, 11) is 1.56. The standard InChI is InChI=1S/C12H19NO3/c1-12(2,3)11(14)10-6-5-9(7-13-10)16-8-15-4/h5-7,11,14H,8H2,1-4H3. The molecule has 1 aromatic heterocycles. The molecule has 0 aromatic carbocycles. The van der Waals surface area contributed by atoms with Crippen LogP contribution in [0, 0.1) is 5.41 Å². The normalized spacial score (nSPS) is 13.6. The van der Waals surface area contributed by atoms with Crippen molar-refractivity contribution in [1.82, 2.24) is 4.98 Å². The predicted molar refractivity (Wildman–Crippen MR) is 61.2 cm³/mol. The van der Waals surface area contributed by atoms with E-state index in [2.05, 4.69) is 4.98 Å². The molecule has 0 bridgehead atoms. The maximum atomic E-state index is 10.00. The van der Waals surface area contributed by atoms with Crippen molar-refractivity contribution in [1.29, 1.82) is 0 Å². The Morgan fingerprint density at radius 2 is 2.06 bits per heavy atom. The van der Waals surface area contributed by atoms with Gasteiger partial charge in [0, 0.05) is 7.11 Å². The summed E-state index contributed by atoms with van der Waals surface area (Å²) in [6, 6.07) is 3.54. The van der Waals surface area contributed by atoms with Crippen LogP contribution in [0.15, 0.2) is 18.3 Å². The average molecular weight is 225 g/mol. The number of rotatable bonds is 4. The number of aliphatic hydroxyl groups excluding tert-OH is 1. The van der Waals surface area contributed by atoms with E-state index in [4.69, 9.17) is 9.47 Å². The highest BCUT2D eigenvalue weighted by atomic mass is 16.7. The van der Waals surface area contributed by atoms with Gasteiger partial charge in [-0.2, -0.15) is 0 Å². The van der Waals surface area contributed by atoms with Crippen LogP contribution in [-0.2, 0) is 4.74 Å². The Kier molecular flexibility index (Phi) is 4.26. The van der Waals surface area contributed by atoms with E-state index in [1.165, 1.54) is 0 Å². The molecule has 0 spiro atoms. The lowest BCUT2D eigenvalue weighted by molar-refractivity contribution is 0.0494. The Balaban J connectivity index is 2.71. The first-order chi connectivity index (χ1) is 7.45. The van der Waals surface area contributed by atoms with Crippen molar-refractivity contribution in [3.8, 4) is 5.75 Å². The molecule has 16 heavy (non-hydrogen) atoms. The summed E-state index contributed by atoms with van der Waals surface area (Å²) < 4.78 is 9.99. The quantitative estimate of drug-likeness (QED) is 0.798. The van der Waals surface area contributed by atoms with Gasteiger partial charge in [-0.05, 0) is 17.5 Å². The van der Waals surface area contributed by atoms with Crippen LogP contribution in [0.25, 0.3) is 0 Å². The van der Waals surface area contributed by atoms with Crippen LogP contribution in [0.4, 0.5) is 0 Å². The van der Waals surface area contributed by atoms with E-state index in [0.29, 0.717) is 11.4 Å². The molecule has 0 amide bonds. The molecule has 1 heterocycles. The highest BCUT2D eigenvalue weighted by molar-refractivity contribution is 5.21. The molecule has 0 saturated carbocycles. The molecule has 1 atom stereocenters. The molecule has 1 N–H and O–H groups in total. The van der Waals surface area contributed by atoms with E-state index >= 15 is 0 Å². The fourth-order valence-corrected chi connectivity index (χ4v) is 1.21. The predicted octanol–water partition coefficient (Wildman–Crippen LogP) is 2.14. The number of hydrogen-bond acceptors (Lipinski definition) is 4. The third kappa shape index (κ3) is 3.47. The van der Waals surface area contributed by atoms with Crippen molar-refractivity contribution in [2.45, 2.75) is 26.9 Å². The largest absolute Gasteiger partial charge is 0.466 e. The number of hydrogen-bond donors (Lipinski definition) is 1. The van der Waals surface area contributed by atoms with Gasteiger partial charge in [-0.25, -0.2) is 0 Å². The monoisotopic (exact) mass is 225 g/mol. The molecule has 0 saturated heterocycles. The maximum absolute atomic E-state index is 10.00. The Morgan fingerprint density at radius 1 is 1.38 bits per heavy atom. The molecule has 1 aromatic rings. The zero-order valence-corrected chi connectivity index (χ0v) is 10.2. The van der Waals surface area contributed by atoms with Gasteiger partial charge < -0.3 is 14.6 Å². The van der Waals surface area contributed by atoms with Crippen LogP contribution >= 0.6 is 0 Å². The van der Waals surface area contributed by atoms with Gasteiger partial charge in [-0.1, -0.05) is 20.8 Å². The summed E-state index contributed by atoms with van der Waals surface area (Å²) >= 11 is 0. The molecule has 1 rings (SSSR count). The highest BCUT2D eigenvalue weighted by Gasteiger charge is 2.24. The molecule has 4 nitrogen and oxygen atoms in total. The van der Waals surface area contributed by atoms with E-state index in [0.717, 1.165) is 0 Å². The van der Waals surface area contributed by atoms with Crippen molar-refractivity contribution < 1.29 is 14.6 Å². The van der Waals surface area contributed by atoms with Crippen LogP contribution in [-0.4, -0.2) is 24.0 Å². The van der Waals surface area contributed by atoms with Gasteiger partial charge in [0.1, 0.15) is 11.9 Å². The number of ether oxygens (including phenoxy) is 2.